The average molecular weight is 619 g/mol. The number of carbonyl (C=O) groups is 1. The Labute approximate surface area is 254 Å². The van der Waals surface area contributed by atoms with E-state index in [1.54, 1.807) is 0 Å². The van der Waals surface area contributed by atoms with Crippen molar-refractivity contribution in [3.8, 4) is 5.75 Å². The van der Waals surface area contributed by atoms with Gasteiger partial charge in [0.25, 0.3) is 0 Å². The van der Waals surface area contributed by atoms with Gasteiger partial charge in [0.1, 0.15) is 19.1 Å². The lowest BCUT2D eigenvalue weighted by molar-refractivity contribution is 0.0846. The molecule has 1 aromatic carbocycles. The second kappa shape index (κ2) is 13.9. The van der Waals surface area contributed by atoms with Crippen LogP contribution in [0.25, 0.3) is 18.2 Å². The Morgan fingerprint density at radius 2 is 1.69 bits per heavy atom. The van der Waals surface area contributed by atoms with Crippen molar-refractivity contribution >= 4 is 49.6 Å². The molecule has 1 saturated heterocycles. The molecule has 2 heterocycles. The highest BCUT2D eigenvalue weighted by molar-refractivity contribution is 8.32. The van der Waals surface area contributed by atoms with E-state index in [-0.39, 0.29) is 18.1 Å². The lowest BCUT2D eigenvalue weighted by Crippen LogP contribution is -2.33. The van der Waals surface area contributed by atoms with Crippen molar-refractivity contribution in [3.63, 3.8) is 0 Å². The number of carbonyl (C=O) groups excluding carboxylic acids is 1. The molecule has 0 saturated carbocycles. The molecule has 2 aromatic rings. The first kappa shape index (κ1) is 34.0. The molecule has 0 unspecified atom stereocenters. The number of hydrogen-bond donors (Lipinski definition) is 0. The quantitative estimate of drug-likeness (QED) is 0.239. The lowest BCUT2D eigenvalue weighted by atomic mass is 9.87. The monoisotopic (exact) mass is 618 g/mol. The van der Waals surface area contributed by atoms with E-state index in [0.29, 0.717) is 29.9 Å². The number of sulfone groups is 1. The highest BCUT2D eigenvalue weighted by atomic mass is 32.3. The summed E-state index contributed by atoms with van der Waals surface area (Å²) >= 11 is 0. The van der Waals surface area contributed by atoms with Crippen molar-refractivity contribution in [3.05, 3.63) is 52.2 Å². The molecule has 0 bridgehead atoms. The Hall–Kier alpha value is -2.49. The molecule has 9 heteroatoms. The molecular weight excluding hydrogens is 569 g/mol. The van der Waals surface area contributed by atoms with Crippen molar-refractivity contribution in [2.75, 3.05) is 67.7 Å². The van der Waals surface area contributed by atoms with Crippen LogP contribution in [0.15, 0.2) is 30.5 Å². The zero-order chi connectivity index (χ0) is 31.3. The summed E-state index contributed by atoms with van der Waals surface area (Å²) in [6.07, 6.45) is 16.2. The lowest BCUT2D eigenvalue weighted by Gasteiger charge is -2.24. The van der Waals surface area contributed by atoms with E-state index in [4.69, 9.17) is 9.47 Å². The van der Waals surface area contributed by atoms with Crippen LogP contribution in [0.5, 0.6) is 5.75 Å². The fourth-order valence-electron chi connectivity index (χ4n) is 4.65. The zero-order valence-corrected chi connectivity index (χ0v) is 28.4. The van der Waals surface area contributed by atoms with Crippen molar-refractivity contribution in [1.82, 2.24) is 4.57 Å². The van der Waals surface area contributed by atoms with Gasteiger partial charge in [-0.15, -0.1) is 0 Å². The van der Waals surface area contributed by atoms with Crippen LogP contribution in [-0.2, 0) is 21.3 Å². The van der Waals surface area contributed by atoms with Crippen molar-refractivity contribution < 1.29 is 22.7 Å². The molecule has 1 aromatic heterocycles. The number of nitrogens with zero attached hydrogens (tertiary/aromatic N) is 2. The highest BCUT2D eigenvalue weighted by Gasteiger charge is 2.25. The summed E-state index contributed by atoms with van der Waals surface area (Å²) in [7, 11) is -3.78. The summed E-state index contributed by atoms with van der Waals surface area (Å²) in [4.78, 5) is 15.6. The summed E-state index contributed by atoms with van der Waals surface area (Å²) in [5, 5.41) is 1.53. The minimum atomic E-state index is -3.12. The fraction of sp³-hybridized carbons (Fsp3) is 0.545. The number of allylic oxidation sites excluding steroid dienone is 2. The predicted molar refractivity (Wildman–Crippen MR) is 180 cm³/mol. The van der Waals surface area contributed by atoms with Gasteiger partial charge < -0.3 is 18.9 Å². The molecule has 0 N–H and O–H groups in total. The molecule has 0 spiro atoms. The predicted octanol–water partition coefficient (Wildman–Crippen LogP) is 4.70. The van der Waals surface area contributed by atoms with Crippen molar-refractivity contribution in [2.45, 2.75) is 47.3 Å². The van der Waals surface area contributed by atoms with E-state index >= 15 is 0 Å². The molecule has 42 heavy (non-hydrogen) atoms. The fourth-order valence-corrected chi connectivity index (χ4v) is 5.66. The first-order chi connectivity index (χ1) is 19.4. The second-order valence-electron chi connectivity index (χ2n) is 13.2. The number of aromatic nitrogens is 1. The van der Waals surface area contributed by atoms with Crippen LogP contribution >= 0.6 is 10.0 Å². The van der Waals surface area contributed by atoms with E-state index in [0.717, 1.165) is 53.9 Å². The Morgan fingerprint density at radius 1 is 1.02 bits per heavy atom. The van der Waals surface area contributed by atoms with Gasteiger partial charge in [0, 0.05) is 59.2 Å². The van der Waals surface area contributed by atoms with E-state index in [2.05, 4.69) is 36.3 Å². The Bertz CT molecular complexity index is 1500. The van der Waals surface area contributed by atoms with E-state index < -0.39 is 25.3 Å². The summed E-state index contributed by atoms with van der Waals surface area (Å²) in [5.74, 6) is 1.69. The Kier molecular flexibility index (Phi) is 11.2. The molecule has 1 aliphatic heterocycles. The molecule has 1 fully saturated rings. The van der Waals surface area contributed by atoms with E-state index in [9.17, 15) is 13.2 Å². The maximum absolute atomic E-state index is 13.2. The third kappa shape index (κ3) is 10.1. The van der Waals surface area contributed by atoms with Gasteiger partial charge in [0.15, 0.2) is 15.6 Å². The largest absolute Gasteiger partial charge is 0.492 e. The summed E-state index contributed by atoms with van der Waals surface area (Å²) in [6, 6.07) is 6.11. The smallest absolute Gasteiger partial charge is 0.170 e. The van der Waals surface area contributed by atoms with Crippen LogP contribution in [0, 0.1) is 5.41 Å². The molecule has 0 aliphatic carbocycles. The second-order valence-corrected chi connectivity index (χ2v) is 20.0. The van der Waals surface area contributed by atoms with Crippen molar-refractivity contribution in [2.24, 2.45) is 5.41 Å². The Balaban J connectivity index is 1.99. The molecule has 3 rings (SSSR count). The molecule has 1 aliphatic rings. The van der Waals surface area contributed by atoms with Gasteiger partial charge in [-0.3, -0.25) is 4.79 Å². The van der Waals surface area contributed by atoms with Crippen LogP contribution < -0.4 is 20.2 Å². The van der Waals surface area contributed by atoms with Gasteiger partial charge in [-0.05, 0) is 67.9 Å². The first-order valence-electron chi connectivity index (χ1n) is 14.5. The summed E-state index contributed by atoms with van der Waals surface area (Å²) < 4.78 is 37.2. The average Bonchev–Trinajstić information content (AvgIpc) is 3.51. The van der Waals surface area contributed by atoms with E-state index in [1.165, 1.54) is 6.26 Å². The minimum Gasteiger partial charge on any atom is -0.492 e. The van der Waals surface area contributed by atoms with Gasteiger partial charge in [0.2, 0.25) is 0 Å². The third-order valence-corrected chi connectivity index (χ3v) is 9.56. The number of benzene rings is 1. The van der Waals surface area contributed by atoms with Gasteiger partial charge in [-0.2, -0.15) is 0 Å². The normalized spacial score (nSPS) is 15.9. The van der Waals surface area contributed by atoms with E-state index in [1.807, 2.05) is 62.7 Å². The summed E-state index contributed by atoms with van der Waals surface area (Å²) in [5.41, 5.74) is 3.16. The maximum atomic E-state index is 13.2. The number of rotatable bonds is 13. The van der Waals surface area contributed by atoms with Crippen molar-refractivity contribution in [1.29, 1.82) is 0 Å². The van der Waals surface area contributed by atoms with Crippen LogP contribution in [-0.4, -0.2) is 81.6 Å². The molecule has 0 amide bonds. The minimum absolute atomic E-state index is 0.0309. The highest BCUT2D eigenvalue weighted by Crippen LogP contribution is 2.33. The van der Waals surface area contributed by atoms with Gasteiger partial charge in [-0.25, -0.2) is 18.4 Å². The molecular formula is C33H50N2O5S2. The number of ether oxygens (including phenoxy) is 2. The maximum Gasteiger partial charge on any atom is 0.170 e. The van der Waals surface area contributed by atoms with Gasteiger partial charge >= 0.3 is 0 Å². The molecule has 234 valence electrons. The number of hydrogen-bond acceptors (Lipinski definition) is 6. The SMILES string of the molecule is C=c1c(C(=O)C(C)(C)C)cn(COCCS(C)(C)C)/c1=C/C=C(\C)c1cc(OCCS(C)(=O)=O)cc(N2CCCC2)c1. The topological polar surface area (TPSA) is 77.8 Å². The third-order valence-electron chi connectivity index (χ3n) is 7.26. The van der Waals surface area contributed by atoms with Crippen LogP contribution in [0.2, 0.25) is 0 Å². The molecule has 0 atom stereocenters. The number of Topliss-reactive ketones (excluding diaryl/α,β-unsaturated/α-hetero) is 1. The zero-order valence-electron chi connectivity index (χ0n) is 26.8. The van der Waals surface area contributed by atoms with Gasteiger partial charge in [-0.1, -0.05) is 33.4 Å². The molecule has 7 nitrogen and oxygen atoms in total. The number of ketones is 1. The summed E-state index contributed by atoms with van der Waals surface area (Å²) in [6.45, 7) is 15.2. The molecule has 0 radical (unpaired) electrons. The van der Waals surface area contributed by atoms with Gasteiger partial charge in [0.05, 0.1) is 17.7 Å². The number of anilines is 1. The van der Waals surface area contributed by atoms with Crippen LogP contribution in [0.1, 0.15) is 56.5 Å². The van der Waals surface area contributed by atoms with Crippen LogP contribution in [0.4, 0.5) is 5.69 Å². The standard InChI is InChI=1S/C33H50N2O5S2/c1-25(27-20-28(34-14-10-11-15-34)22-29(21-27)40-17-19-42(9,37)38)12-13-31-26(2)30(32(36)33(3,4)5)23-35(31)24-39-16-18-41(6,7)8/h12-13,20-23H,2,10-11,14-19,24H2,1,3-9H3/b25-12+,31-13+. The first-order valence-corrected chi connectivity index (χ1v) is 19.6. The Morgan fingerprint density at radius 3 is 2.29 bits per heavy atom. The van der Waals surface area contributed by atoms with Crippen LogP contribution in [0.3, 0.4) is 0 Å².